The Hall–Kier alpha value is -3.24. The van der Waals surface area contributed by atoms with Gasteiger partial charge in [0.1, 0.15) is 5.01 Å². The Morgan fingerprint density at radius 3 is 2.35 bits per heavy atom. The first-order chi connectivity index (χ1) is 17.5. The number of hydrogen-bond donors (Lipinski definition) is 2. The Morgan fingerprint density at radius 1 is 1.05 bits per heavy atom. The molecule has 3 rings (SSSR count). The maximum atomic E-state index is 13.2. The van der Waals surface area contributed by atoms with Gasteiger partial charge in [0.2, 0.25) is 5.91 Å². The van der Waals surface area contributed by atoms with Gasteiger partial charge in [-0.2, -0.15) is 13.2 Å². The van der Waals surface area contributed by atoms with Gasteiger partial charge in [-0.1, -0.05) is 56.3 Å². The summed E-state index contributed by atoms with van der Waals surface area (Å²) >= 11 is 1.50. The van der Waals surface area contributed by atoms with Crippen molar-refractivity contribution < 1.29 is 27.9 Å². The monoisotopic (exact) mass is 533 g/mol. The van der Waals surface area contributed by atoms with Crippen LogP contribution in [0.1, 0.15) is 40.3 Å². The molecule has 0 aliphatic carbocycles. The first kappa shape index (κ1) is 28.3. The molecule has 1 heterocycles. The molecule has 0 radical (unpaired) electrons. The lowest BCUT2D eigenvalue weighted by atomic mass is 10.1. The number of halogens is 3. The standard InChI is InChI=1S/C27H30F3N3O3S/c1-17(2)15-33(24(35)13-23-18(3)37-26(32-23)19-9-5-4-6-10-19)16-20(34)14-31-25(36)21-11-7-8-12-22(21)27(28,29)30/h4-12,17,20,34H,13-16H2,1-3H3,(H,31,36). The van der Waals surface area contributed by atoms with E-state index < -0.39 is 29.3 Å². The second-order valence-corrected chi connectivity index (χ2v) is 10.4. The summed E-state index contributed by atoms with van der Waals surface area (Å²) in [7, 11) is 0. The van der Waals surface area contributed by atoms with Crippen molar-refractivity contribution in [3.05, 3.63) is 76.3 Å². The minimum absolute atomic E-state index is 0.0555. The Kier molecular flexibility index (Phi) is 9.45. The van der Waals surface area contributed by atoms with Crippen LogP contribution in [0.2, 0.25) is 0 Å². The fourth-order valence-electron chi connectivity index (χ4n) is 3.82. The van der Waals surface area contributed by atoms with Gasteiger partial charge in [-0.05, 0) is 25.0 Å². The number of carbonyl (C=O) groups is 2. The van der Waals surface area contributed by atoms with Crippen LogP contribution in [0, 0.1) is 12.8 Å². The van der Waals surface area contributed by atoms with Crippen LogP contribution in [0.5, 0.6) is 0 Å². The van der Waals surface area contributed by atoms with Crippen molar-refractivity contribution in [2.45, 2.75) is 39.5 Å². The summed E-state index contributed by atoms with van der Waals surface area (Å²) in [5.74, 6) is -1.06. The van der Waals surface area contributed by atoms with Gasteiger partial charge in [0.25, 0.3) is 5.91 Å². The van der Waals surface area contributed by atoms with E-state index in [1.54, 1.807) is 0 Å². The van der Waals surface area contributed by atoms with E-state index in [9.17, 15) is 27.9 Å². The summed E-state index contributed by atoms with van der Waals surface area (Å²) in [4.78, 5) is 32.6. The molecule has 6 nitrogen and oxygen atoms in total. The van der Waals surface area contributed by atoms with Crippen molar-refractivity contribution in [1.29, 1.82) is 0 Å². The number of nitrogens with zero attached hydrogens (tertiary/aromatic N) is 2. The van der Waals surface area contributed by atoms with Gasteiger partial charge in [0.15, 0.2) is 0 Å². The van der Waals surface area contributed by atoms with E-state index >= 15 is 0 Å². The number of thiazole rings is 1. The van der Waals surface area contributed by atoms with E-state index in [0.717, 1.165) is 27.6 Å². The van der Waals surface area contributed by atoms with Crippen LogP contribution in [-0.2, 0) is 17.4 Å². The fourth-order valence-corrected chi connectivity index (χ4v) is 4.76. The number of alkyl halides is 3. The van der Waals surface area contributed by atoms with Gasteiger partial charge in [0.05, 0.1) is 29.3 Å². The van der Waals surface area contributed by atoms with Crippen molar-refractivity contribution in [2.24, 2.45) is 5.92 Å². The number of aromatic nitrogens is 1. The lowest BCUT2D eigenvalue weighted by molar-refractivity contribution is -0.138. The van der Waals surface area contributed by atoms with Gasteiger partial charge >= 0.3 is 6.18 Å². The van der Waals surface area contributed by atoms with E-state index in [1.165, 1.54) is 28.4 Å². The summed E-state index contributed by atoms with van der Waals surface area (Å²) in [5, 5.41) is 13.7. The molecule has 3 aromatic rings. The highest BCUT2D eigenvalue weighted by Crippen LogP contribution is 2.32. The van der Waals surface area contributed by atoms with Crippen LogP contribution in [-0.4, -0.2) is 52.5 Å². The van der Waals surface area contributed by atoms with Gasteiger partial charge in [-0.25, -0.2) is 4.98 Å². The summed E-state index contributed by atoms with van der Waals surface area (Å²) in [5.41, 5.74) is 0.0541. The minimum atomic E-state index is -4.68. The molecule has 10 heteroatoms. The number of aryl methyl sites for hydroxylation is 1. The van der Waals surface area contributed by atoms with Gasteiger partial charge in [0, 0.05) is 30.1 Å². The summed E-state index contributed by atoms with van der Waals surface area (Å²) in [6.45, 7) is 5.76. The first-order valence-corrected chi connectivity index (χ1v) is 12.7. The Labute approximate surface area is 218 Å². The second kappa shape index (κ2) is 12.3. The molecule has 198 valence electrons. The van der Waals surface area contributed by atoms with E-state index in [4.69, 9.17) is 0 Å². The topological polar surface area (TPSA) is 82.5 Å². The van der Waals surface area contributed by atoms with E-state index in [0.29, 0.717) is 12.2 Å². The molecule has 0 aliphatic rings. The third-order valence-corrected chi connectivity index (χ3v) is 6.64. The summed E-state index contributed by atoms with van der Waals surface area (Å²) in [6, 6.07) is 14.1. The highest BCUT2D eigenvalue weighted by atomic mass is 32.1. The Bertz CT molecular complexity index is 1210. The van der Waals surface area contributed by atoms with Crippen LogP contribution < -0.4 is 5.32 Å². The molecule has 0 fully saturated rings. The molecule has 1 aromatic heterocycles. The number of hydrogen-bond acceptors (Lipinski definition) is 5. The average molecular weight is 534 g/mol. The normalized spacial score (nSPS) is 12.4. The number of aliphatic hydroxyl groups is 1. The van der Waals surface area contributed by atoms with Gasteiger partial charge in [-0.3, -0.25) is 9.59 Å². The molecular weight excluding hydrogens is 503 g/mol. The predicted molar refractivity (Wildman–Crippen MR) is 137 cm³/mol. The molecule has 2 aromatic carbocycles. The van der Waals surface area contributed by atoms with Crippen molar-refractivity contribution in [3.63, 3.8) is 0 Å². The third-order valence-electron chi connectivity index (χ3n) is 5.58. The lowest BCUT2D eigenvalue weighted by Crippen LogP contribution is -2.44. The second-order valence-electron chi connectivity index (χ2n) is 9.16. The van der Waals surface area contributed by atoms with Crippen LogP contribution in [0.4, 0.5) is 13.2 Å². The number of nitrogens with one attached hydrogen (secondary N) is 1. The van der Waals surface area contributed by atoms with E-state index in [2.05, 4.69) is 10.3 Å². The first-order valence-electron chi connectivity index (χ1n) is 11.9. The molecule has 0 saturated heterocycles. The zero-order valence-corrected chi connectivity index (χ0v) is 21.7. The van der Waals surface area contributed by atoms with E-state index in [1.807, 2.05) is 51.1 Å². The largest absolute Gasteiger partial charge is 0.417 e. The van der Waals surface area contributed by atoms with Crippen molar-refractivity contribution in [2.75, 3.05) is 19.6 Å². The van der Waals surface area contributed by atoms with Crippen molar-refractivity contribution in [1.82, 2.24) is 15.2 Å². The highest BCUT2D eigenvalue weighted by Gasteiger charge is 2.35. The molecule has 0 bridgehead atoms. The number of benzene rings is 2. The summed E-state index contributed by atoms with van der Waals surface area (Å²) < 4.78 is 39.7. The SMILES string of the molecule is Cc1sc(-c2ccccc2)nc1CC(=O)N(CC(C)C)CC(O)CNC(=O)c1ccccc1C(F)(F)F. The van der Waals surface area contributed by atoms with Crippen LogP contribution in [0.3, 0.4) is 0 Å². The summed E-state index contributed by atoms with van der Waals surface area (Å²) in [6.07, 6.45) is -5.79. The lowest BCUT2D eigenvalue weighted by Gasteiger charge is -2.27. The molecule has 0 saturated carbocycles. The molecule has 0 aliphatic heterocycles. The van der Waals surface area contributed by atoms with Crippen LogP contribution in [0.15, 0.2) is 54.6 Å². The number of carbonyl (C=O) groups excluding carboxylic acids is 2. The number of rotatable bonds is 10. The molecule has 1 unspecified atom stereocenters. The molecule has 37 heavy (non-hydrogen) atoms. The zero-order valence-electron chi connectivity index (χ0n) is 20.9. The van der Waals surface area contributed by atoms with Crippen LogP contribution >= 0.6 is 11.3 Å². The maximum absolute atomic E-state index is 13.2. The molecule has 0 spiro atoms. The fraction of sp³-hybridized carbons (Fsp3) is 0.370. The Morgan fingerprint density at radius 2 is 1.70 bits per heavy atom. The molecular formula is C27H30F3N3O3S. The smallest absolute Gasteiger partial charge is 0.389 e. The Balaban J connectivity index is 1.64. The van der Waals surface area contributed by atoms with Gasteiger partial charge < -0.3 is 15.3 Å². The van der Waals surface area contributed by atoms with Gasteiger partial charge in [-0.15, -0.1) is 11.3 Å². The quantitative estimate of drug-likeness (QED) is 0.386. The number of aliphatic hydroxyl groups excluding tert-OH is 1. The molecule has 2 amide bonds. The molecule has 2 N–H and O–H groups in total. The predicted octanol–water partition coefficient (Wildman–Crippen LogP) is 4.96. The maximum Gasteiger partial charge on any atom is 0.417 e. The average Bonchev–Trinajstić information content (AvgIpc) is 3.21. The van der Waals surface area contributed by atoms with Crippen molar-refractivity contribution >= 4 is 23.2 Å². The highest BCUT2D eigenvalue weighted by molar-refractivity contribution is 7.15. The number of amides is 2. The van der Waals surface area contributed by atoms with E-state index in [-0.39, 0.29) is 31.3 Å². The van der Waals surface area contributed by atoms with Crippen molar-refractivity contribution in [3.8, 4) is 10.6 Å². The minimum Gasteiger partial charge on any atom is -0.389 e. The third kappa shape index (κ3) is 7.87. The van der Waals surface area contributed by atoms with Crippen LogP contribution in [0.25, 0.3) is 10.6 Å². The molecule has 1 atom stereocenters. The zero-order chi connectivity index (χ0) is 27.2.